The predicted molar refractivity (Wildman–Crippen MR) is 104 cm³/mol. The first kappa shape index (κ1) is 20.6. The third-order valence-corrected chi connectivity index (χ3v) is 5.43. The van der Waals surface area contributed by atoms with Gasteiger partial charge in [0.25, 0.3) is 0 Å². The van der Waals surface area contributed by atoms with Crippen LogP contribution in [0.1, 0.15) is 57.1 Å². The van der Waals surface area contributed by atoms with Crippen molar-refractivity contribution in [1.82, 2.24) is 10.6 Å². The minimum atomic E-state index is -0.871. The Kier molecular flexibility index (Phi) is 6.36. The van der Waals surface area contributed by atoms with E-state index in [-0.39, 0.29) is 5.57 Å². The lowest BCUT2D eigenvalue weighted by molar-refractivity contribution is -0.385. The van der Waals surface area contributed by atoms with Gasteiger partial charge in [0.05, 0.1) is 23.1 Å². The third kappa shape index (κ3) is 4.67. The number of aromatic hydroxyl groups is 1. The summed E-state index contributed by atoms with van der Waals surface area (Å²) in [5.74, 6) is -0.734. The van der Waals surface area contributed by atoms with Gasteiger partial charge in [-0.25, -0.2) is 9.59 Å². The van der Waals surface area contributed by atoms with Crippen molar-refractivity contribution in [1.29, 1.82) is 0 Å². The van der Waals surface area contributed by atoms with Gasteiger partial charge in [-0.3, -0.25) is 10.1 Å². The van der Waals surface area contributed by atoms with Gasteiger partial charge in [-0.15, -0.1) is 0 Å². The van der Waals surface area contributed by atoms with Gasteiger partial charge in [0.1, 0.15) is 0 Å². The van der Waals surface area contributed by atoms with Crippen molar-refractivity contribution in [3.63, 3.8) is 0 Å². The molecule has 156 valence electrons. The van der Waals surface area contributed by atoms with Gasteiger partial charge >= 0.3 is 17.7 Å². The van der Waals surface area contributed by atoms with Crippen molar-refractivity contribution in [2.45, 2.75) is 51.5 Å². The van der Waals surface area contributed by atoms with Crippen LogP contribution in [0.4, 0.5) is 10.5 Å². The summed E-state index contributed by atoms with van der Waals surface area (Å²) in [6, 6.07) is 2.39. The molecule has 9 nitrogen and oxygen atoms in total. The number of phenolic OH excluding ortho intramolecular Hbond substituents is 1. The van der Waals surface area contributed by atoms with E-state index in [2.05, 4.69) is 10.6 Å². The molecule has 1 fully saturated rings. The van der Waals surface area contributed by atoms with Crippen molar-refractivity contribution in [3.05, 3.63) is 45.1 Å². The first-order valence-corrected chi connectivity index (χ1v) is 9.85. The second kappa shape index (κ2) is 8.93. The fraction of sp³-hybridized carbons (Fsp3) is 0.500. The number of rotatable bonds is 6. The number of benzene rings is 1. The van der Waals surface area contributed by atoms with Crippen LogP contribution in [0.3, 0.4) is 0 Å². The molecule has 0 bridgehead atoms. The van der Waals surface area contributed by atoms with Crippen LogP contribution in [-0.4, -0.2) is 28.6 Å². The molecule has 9 heteroatoms. The number of nitro benzene ring substituents is 1. The maximum atomic E-state index is 12.9. The second-order valence-electron chi connectivity index (χ2n) is 7.39. The van der Waals surface area contributed by atoms with Crippen LogP contribution < -0.4 is 10.6 Å². The number of hydrogen-bond donors (Lipinski definition) is 3. The van der Waals surface area contributed by atoms with Gasteiger partial charge in [0, 0.05) is 11.8 Å². The van der Waals surface area contributed by atoms with Gasteiger partial charge in [0.2, 0.25) is 0 Å². The van der Waals surface area contributed by atoms with Crippen LogP contribution in [0.5, 0.6) is 5.75 Å². The molecule has 1 aliphatic carbocycles. The van der Waals surface area contributed by atoms with Gasteiger partial charge in [-0.1, -0.05) is 26.2 Å². The Bertz CT molecular complexity index is 845. The average Bonchev–Trinajstić information content (AvgIpc) is 2.71. The summed E-state index contributed by atoms with van der Waals surface area (Å²) < 4.78 is 5.57. The molecular weight excluding hydrogens is 378 g/mol. The molecule has 0 saturated heterocycles. The number of carbonyl (C=O) groups is 2. The van der Waals surface area contributed by atoms with Crippen molar-refractivity contribution >= 4 is 17.7 Å². The molecule has 1 aliphatic heterocycles. The summed E-state index contributed by atoms with van der Waals surface area (Å²) in [7, 11) is 0. The molecule has 29 heavy (non-hydrogen) atoms. The quantitative estimate of drug-likeness (QED) is 0.379. The number of hydrogen-bond acceptors (Lipinski definition) is 6. The minimum absolute atomic E-state index is 0.246. The minimum Gasteiger partial charge on any atom is -0.502 e. The van der Waals surface area contributed by atoms with Crippen molar-refractivity contribution in [2.24, 2.45) is 5.92 Å². The molecule has 0 radical (unpaired) electrons. The number of phenols is 1. The van der Waals surface area contributed by atoms with Crippen LogP contribution in [0.15, 0.2) is 29.5 Å². The number of urea groups is 1. The van der Waals surface area contributed by atoms with Crippen LogP contribution in [0.25, 0.3) is 0 Å². The van der Waals surface area contributed by atoms with E-state index in [1.165, 1.54) is 18.6 Å². The summed E-state index contributed by atoms with van der Waals surface area (Å²) >= 11 is 0. The van der Waals surface area contributed by atoms with Crippen LogP contribution in [-0.2, 0) is 9.53 Å². The zero-order chi connectivity index (χ0) is 21.0. The number of amides is 2. The van der Waals surface area contributed by atoms with Crippen molar-refractivity contribution < 1.29 is 24.4 Å². The first-order valence-electron chi connectivity index (χ1n) is 9.85. The third-order valence-electron chi connectivity index (χ3n) is 5.43. The Balaban J connectivity index is 1.87. The summed E-state index contributed by atoms with van der Waals surface area (Å²) in [5, 5.41) is 26.2. The zero-order valence-corrected chi connectivity index (χ0v) is 16.3. The number of nitro groups is 1. The van der Waals surface area contributed by atoms with E-state index in [1.807, 2.05) is 0 Å². The highest BCUT2D eigenvalue weighted by atomic mass is 16.6. The molecule has 1 atom stereocenters. The number of allylic oxidation sites excluding steroid dienone is 1. The Morgan fingerprint density at radius 3 is 2.66 bits per heavy atom. The molecule has 1 aromatic rings. The largest absolute Gasteiger partial charge is 0.502 e. The van der Waals surface area contributed by atoms with E-state index in [1.54, 1.807) is 6.92 Å². The highest BCUT2D eigenvalue weighted by Gasteiger charge is 2.34. The van der Waals surface area contributed by atoms with Crippen molar-refractivity contribution in [3.8, 4) is 5.75 Å². The maximum absolute atomic E-state index is 12.9. The maximum Gasteiger partial charge on any atom is 0.338 e. The molecule has 3 N–H and O–H groups in total. The van der Waals surface area contributed by atoms with Crippen molar-refractivity contribution in [2.75, 3.05) is 6.61 Å². The Morgan fingerprint density at radius 1 is 1.31 bits per heavy atom. The smallest absolute Gasteiger partial charge is 0.338 e. The predicted octanol–water partition coefficient (Wildman–Crippen LogP) is 3.44. The van der Waals surface area contributed by atoms with Gasteiger partial charge in [0.15, 0.2) is 5.75 Å². The molecule has 1 saturated carbocycles. The highest BCUT2D eigenvalue weighted by molar-refractivity contribution is 5.95. The number of nitrogens with zero attached hydrogens (tertiary/aromatic N) is 1. The van der Waals surface area contributed by atoms with E-state index in [0.717, 1.165) is 31.7 Å². The van der Waals surface area contributed by atoms with E-state index < -0.39 is 34.4 Å². The Labute approximate surface area is 168 Å². The fourth-order valence-electron chi connectivity index (χ4n) is 3.89. The molecule has 1 heterocycles. The monoisotopic (exact) mass is 403 g/mol. The number of carbonyl (C=O) groups excluding carboxylic acids is 2. The molecule has 3 rings (SSSR count). The normalized spacial score (nSPS) is 20.0. The highest BCUT2D eigenvalue weighted by Crippen LogP contribution is 2.34. The van der Waals surface area contributed by atoms with Crippen LogP contribution >= 0.6 is 0 Å². The zero-order valence-electron chi connectivity index (χ0n) is 16.3. The number of ether oxygens (including phenoxy) is 1. The first-order chi connectivity index (χ1) is 13.9. The summed E-state index contributed by atoms with van der Waals surface area (Å²) in [4.78, 5) is 35.2. The summed E-state index contributed by atoms with van der Waals surface area (Å²) in [6.45, 7) is 2.13. The fourth-order valence-corrected chi connectivity index (χ4v) is 3.89. The summed E-state index contributed by atoms with van der Waals surface area (Å²) in [6.07, 6.45) is 5.93. The standard InChI is InChI=1S/C20H25N3O6/c1-2-14-17(19(25)29-11-12-6-4-3-5-7-12)18(22-20(26)21-14)13-8-9-15(23(27)28)16(24)10-13/h8-10,12,18,24H,2-7,11H2,1H3,(H2,21,22,26). The molecule has 0 spiro atoms. The second-order valence-corrected chi connectivity index (χ2v) is 7.39. The number of nitrogens with one attached hydrogen (secondary N) is 2. The molecule has 1 unspecified atom stereocenters. The molecule has 2 amide bonds. The van der Waals surface area contributed by atoms with Gasteiger partial charge in [-0.2, -0.15) is 0 Å². The van der Waals surface area contributed by atoms with E-state index >= 15 is 0 Å². The Morgan fingerprint density at radius 2 is 2.03 bits per heavy atom. The lowest BCUT2D eigenvalue weighted by atomic mass is 9.90. The van der Waals surface area contributed by atoms with E-state index in [4.69, 9.17) is 4.74 Å². The van der Waals surface area contributed by atoms with Crippen LogP contribution in [0.2, 0.25) is 0 Å². The topological polar surface area (TPSA) is 131 Å². The van der Waals surface area contributed by atoms with E-state index in [0.29, 0.717) is 30.2 Å². The molecular formula is C20H25N3O6. The van der Waals surface area contributed by atoms with Gasteiger partial charge in [-0.05, 0) is 42.9 Å². The SMILES string of the molecule is CCC1=C(C(=O)OCC2CCCCC2)C(c2ccc([N+](=O)[O-])c(O)c2)NC(=O)N1. The van der Waals surface area contributed by atoms with Crippen LogP contribution in [0, 0.1) is 16.0 Å². The average molecular weight is 403 g/mol. The molecule has 1 aromatic carbocycles. The lowest BCUT2D eigenvalue weighted by Gasteiger charge is -2.30. The lowest BCUT2D eigenvalue weighted by Crippen LogP contribution is -2.46. The summed E-state index contributed by atoms with van der Waals surface area (Å²) in [5.41, 5.74) is 0.593. The van der Waals surface area contributed by atoms with Gasteiger partial charge < -0.3 is 20.5 Å². The number of esters is 1. The van der Waals surface area contributed by atoms with E-state index in [9.17, 15) is 24.8 Å². The molecule has 2 aliphatic rings. The Hall–Kier alpha value is -3.10. The molecule has 0 aromatic heterocycles.